The predicted molar refractivity (Wildman–Crippen MR) is 280 cm³/mol. The number of β-amino-alcohol motifs (C(OH)–C–C–N with tert-alkyl or cyclic N) is 1. The van der Waals surface area contributed by atoms with Gasteiger partial charge in [0, 0.05) is 107 Å². The standard InChI is InChI=1S/C57H69F2N9O6/c1-4-41-44(58)9-8-38-28-40(69)30-42(47(38)41)49-48(59)50-43(31-60-49)51(67-20-5-13-55(3,73)33-67)63-53(62-50)74-35-57(16-17-57)34-65-26-24-64(25-27-65)32-37-10-14-56(15-11-37)18-22-66(23-19-56)52(71)39-7-6-36(2)45(29-39)68-21-12-46(70)61-54(68)72/h6-9,28-31,37,69,73H,4-5,10-27,32-35H2,1-3H3,(H,61,70,72)/t55-/m1/s1. The molecule has 0 bridgehead atoms. The van der Waals surface area contributed by atoms with E-state index in [2.05, 4.69) is 20.1 Å². The number of ether oxygens (including phenoxy) is 1. The fourth-order valence-corrected chi connectivity index (χ4v) is 12.8. The van der Waals surface area contributed by atoms with Crippen LogP contribution in [0.5, 0.6) is 11.8 Å². The van der Waals surface area contributed by atoms with E-state index >= 15 is 8.78 Å². The number of carbonyl (C=O) groups is 3. The Balaban J connectivity index is 0.696. The van der Waals surface area contributed by atoms with Gasteiger partial charge in [0.25, 0.3) is 5.91 Å². The third-order valence-electron chi connectivity index (χ3n) is 17.5. The van der Waals surface area contributed by atoms with E-state index in [4.69, 9.17) is 14.7 Å². The zero-order chi connectivity index (χ0) is 51.5. The molecule has 0 unspecified atom stereocenters. The number of hydrogen-bond donors (Lipinski definition) is 3. The normalized spacial score (nSPS) is 22.7. The molecule has 6 fully saturated rings. The number of anilines is 2. The first kappa shape index (κ1) is 50.1. The van der Waals surface area contributed by atoms with Crippen molar-refractivity contribution in [3.05, 3.63) is 77.0 Å². The summed E-state index contributed by atoms with van der Waals surface area (Å²) in [5, 5.41) is 25.7. The molecule has 3 aromatic carbocycles. The van der Waals surface area contributed by atoms with E-state index < -0.39 is 23.3 Å². The Kier molecular flexibility index (Phi) is 13.5. The monoisotopic (exact) mass is 1010 g/mol. The van der Waals surface area contributed by atoms with Gasteiger partial charge in [-0.15, -0.1) is 0 Å². The van der Waals surface area contributed by atoms with Crippen LogP contribution < -0.4 is 19.9 Å². The summed E-state index contributed by atoms with van der Waals surface area (Å²) in [7, 11) is 0. The van der Waals surface area contributed by atoms with E-state index in [0.717, 1.165) is 90.0 Å². The number of hydrogen-bond acceptors (Lipinski definition) is 12. The third-order valence-corrected chi connectivity index (χ3v) is 17.5. The average molecular weight is 1010 g/mol. The number of piperazine rings is 1. The molecule has 6 aliphatic rings. The van der Waals surface area contributed by atoms with Gasteiger partial charge in [0.15, 0.2) is 5.82 Å². The quantitative estimate of drug-likeness (QED) is 0.109. The zero-order valence-corrected chi connectivity index (χ0v) is 43.0. The van der Waals surface area contributed by atoms with Crippen LogP contribution in [0.25, 0.3) is 32.9 Å². The highest BCUT2D eigenvalue weighted by Gasteiger charge is 2.46. The SMILES string of the molecule is CCc1c(F)ccc2cc(O)cc(-c3ncc4c(N5CCC[C@@](C)(O)C5)nc(OCC5(CN6CCN(CC7CCC8(CC7)CCN(C(=O)c7ccc(C)c(N9CCC(=O)NC9=O)c7)CC8)CC6)CC5)nc4c3F)c12. The Morgan fingerprint density at radius 3 is 2.36 bits per heavy atom. The number of carbonyl (C=O) groups excluding carboxylic acids is 3. The fraction of sp³-hybridized carbons (Fsp3) is 0.544. The number of pyridine rings is 1. The second-order valence-corrected chi connectivity index (χ2v) is 22.9. The van der Waals surface area contributed by atoms with Crippen molar-refractivity contribution < 1.29 is 38.1 Å². The van der Waals surface area contributed by atoms with Crippen molar-refractivity contribution in [2.24, 2.45) is 16.7 Å². The number of imide groups is 1. The summed E-state index contributed by atoms with van der Waals surface area (Å²) in [5.41, 5.74) is 2.02. The summed E-state index contributed by atoms with van der Waals surface area (Å²) in [6, 6.07) is 11.1. The van der Waals surface area contributed by atoms with E-state index in [1.54, 1.807) is 30.0 Å². The number of aliphatic hydroxyl groups is 1. The molecule has 392 valence electrons. The lowest BCUT2D eigenvalue weighted by atomic mass is 9.65. The van der Waals surface area contributed by atoms with Crippen molar-refractivity contribution in [1.29, 1.82) is 0 Å². The van der Waals surface area contributed by atoms with Crippen LogP contribution in [0.1, 0.15) is 106 Å². The Bertz CT molecular complexity index is 2990. The zero-order valence-electron chi connectivity index (χ0n) is 43.0. The third kappa shape index (κ3) is 10.1. The Hall–Kier alpha value is -6.04. The van der Waals surface area contributed by atoms with Crippen LogP contribution in [0.15, 0.2) is 48.7 Å². The van der Waals surface area contributed by atoms with Crippen LogP contribution in [-0.4, -0.2) is 142 Å². The molecule has 3 N–H and O–H groups in total. The molecule has 4 saturated heterocycles. The smallest absolute Gasteiger partial charge is 0.328 e. The van der Waals surface area contributed by atoms with Crippen molar-refractivity contribution >= 4 is 51.0 Å². The summed E-state index contributed by atoms with van der Waals surface area (Å²) >= 11 is 0. The number of benzene rings is 3. The van der Waals surface area contributed by atoms with Gasteiger partial charge in [-0.1, -0.05) is 19.1 Å². The number of phenols is 1. The fourth-order valence-electron chi connectivity index (χ4n) is 12.8. The van der Waals surface area contributed by atoms with Gasteiger partial charge in [-0.05, 0) is 148 Å². The van der Waals surface area contributed by atoms with Crippen LogP contribution in [0.2, 0.25) is 0 Å². The Morgan fingerprint density at radius 1 is 0.892 bits per heavy atom. The highest BCUT2D eigenvalue weighted by Crippen LogP contribution is 2.49. The summed E-state index contributed by atoms with van der Waals surface area (Å²) in [5.74, 6) is -0.397. The summed E-state index contributed by atoms with van der Waals surface area (Å²) in [4.78, 5) is 62.9. The van der Waals surface area contributed by atoms with E-state index in [-0.39, 0.29) is 57.6 Å². The van der Waals surface area contributed by atoms with Gasteiger partial charge in [-0.25, -0.2) is 13.6 Å². The van der Waals surface area contributed by atoms with Gasteiger partial charge in [-0.2, -0.15) is 9.97 Å². The molecule has 2 aliphatic carbocycles. The first-order valence-corrected chi connectivity index (χ1v) is 26.9. The maximum Gasteiger partial charge on any atom is 0.328 e. The highest BCUT2D eigenvalue weighted by molar-refractivity contribution is 6.07. The van der Waals surface area contributed by atoms with Crippen LogP contribution in [0.4, 0.5) is 25.1 Å². The lowest BCUT2D eigenvalue weighted by Gasteiger charge is -2.47. The van der Waals surface area contributed by atoms with Crippen molar-refractivity contribution in [2.45, 2.75) is 103 Å². The molecule has 2 saturated carbocycles. The lowest BCUT2D eigenvalue weighted by Crippen LogP contribution is -2.50. The van der Waals surface area contributed by atoms with Gasteiger partial charge in [-0.3, -0.25) is 24.8 Å². The van der Waals surface area contributed by atoms with Gasteiger partial charge >= 0.3 is 12.0 Å². The molecule has 17 heteroatoms. The molecule has 5 aromatic rings. The van der Waals surface area contributed by atoms with E-state index in [9.17, 15) is 24.6 Å². The molecule has 74 heavy (non-hydrogen) atoms. The number of nitrogens with zero attached hydrogens (tertiary/aromatic N) is 8. The largest absolute Gasteiger partial charge is 0.508 e. The first-order chi connectivity index (χ1) is 35.6. The minimum Gasteiger partial charge on any atom is -0.508 e. The number of halogens is 2. The van der Waals surface area contributed by atoms with Gasteiger partial charge in [0.05, 0.1) is 17.6 Å². The molecular formula is C57H69F2N9O6. The minimum atomic E-state index is -0.966. The summed E-state index contributed by atoms with van der Waals surface area (Å²) < 4.78 is 38.8. The topological polar surface area (TPSA) is 168 Å². The number of urea groups is 1. The molecule has 6 heterocycles. The summed E-state index contributed by atoms with van der Waals surface area (Å²) in [6.45, 7) is 14.6. The van der Waals surface area contributed by atoms with Crippen LogP contribution in [0.3, 0.4) is 0 Å². The number of aromatic hydroxyl groups is 1. The van der Waals surface area contributed by atoms with Gasteiger partial charge in [0.1, 0.15) is 28.6 Å². The molecule has 0 radical (unpaired) electrons. The van der Waals surface area contributed by atoms with Crippen LogP contribution >= 0.6 is 0 Å². The predicted octanol–water partition coefficient (Wildman–Crippen LogP) is 8.39. The number of likely N-dealkylation sites (tertiary alicyclic amines) is 1. The average Bonchev–Trinajstić information content (AvgIpc) is 4.16. The van der Waals surface area contributed by atoms with E-state index in [0.29, 0.717) is 83.8 Å². The van der Waals surface area contributed by atoms with Crippen LogP contribution in [0, 0.1) is 35.3 Å². The maximum absolute atomic E-state index is 17.2. The molecule has 4 aliphatic heterocycles. The Labute approximate surface area is 431 Å². The summed E-state index contributed by atoms with van der Waals surface area (Å²) in [6.07, 6.45) is 12.3. The number of nitrogens with one attached hydrogen (secondary N) is 1. The molecule has 4 amide bonds. The lowest BCUT2D eigenvalue weighted by molar-refractivity contribution is -0.120. The first-order valence-electron chi connectivity index (χ1n) is 26.9. The van der Waals surface area contributed by atoms with Crippen molar-refractivity contribution in [3.63, 3.8) is 0 Å². The molecule has 15 nitrogen and oxygen atoms in total. The van der Waals surface area contributed by atoms with E-state index in [1.807, 2.05) is 35.8 Å². The Morgan fingerprint density at radius 2 is 1.65 bits per heavy atom. The second kappa shape index (κ2) is 19.9. The molecule has 11 rings (SSSR count). The number of aromatic nitrogens is 3. The number of rotatable bonds is 12. The second-order valence-electron chi connectivity index (χ2n) is 22.9. The van der Waals surface area contributed by atoms with Gasteiger partial charge < -0.3 is 34.5 Å². The van der Waals surface area contributed by atoms with Gasteiger partial charge in [0.2, 0.25) is 5.91 Å². The number of amides is 4. The van der Waals surface area contributed by atoms with E-state index in [1.165, 1.54) is 44.0 Å². The molecule has 1 atom stereocenters. The number of piperidine rings is 2. The number of phenolic OH excluding ortho intramolecular Hbond substituents is 1. The number of aryl methyl sites for hydroxylation is 2. The molecule has 1 spiro atoms. The van der Waals surface area contributed by atoms with Crippen molar-refractivity contribution in [1.82, 2.24) is 35.0 Å². The van der Waals surface area contributed by atoms with Crippen molar-refractivity contribution in [2.75, 3.05) is 88.4 Å². The van der Waals surface area contributed by atoms with Crippen LogP contribution in [-0.2, 0) is 11.2 Å². The maximum atomic E-state index is 17.2. The highest BCUT2D eigenvalue weighted by atomic mass is 19.1. The minimum absolute atomic E-state index is 0.00301. The molecular weight excluding hydrogens is 945 g/mol. The number of fused-ring (bicyclic) bond motifs is 2. The molecule has 2 aromatic heterocycles. The van der Waals surface area contributed by atoms with Crippen molar-refractivity contribution in [3.8, 4) is 23.0 Å².